The van der Waals surface area contributed by atoms with E-state index >= 15 is 0 Å². The molecule has 4 aromatic carbocycles. The number of anilines is 1. The van der Waals surface area contributed by atoms with Gasteiger partial charge in [-0.3, -0.25) is 9.59 Å². The van der Waals surface area contributed by atoms with E-state index in [0.29, 0.717) is 23.2 Å². The van der Waals surface area contributed by atoms with Gasteiger partial charge in [-0.15, -0.1) is 0 Å². The van der Waals surface area contributed by atoms with Crippen LogP contribution in [0.15, 0.2) is 103 Å². The highest BCUT2D eigenvalue weighted by Crippen LogP contribution is 2.50. The Bertz CT molecular complexity index is 1610. The summed E-state index contributed by atoms with van der Waals surface area (Å²) in [5.41, 5.74) is 1.67. The lowest BCUT2D eigenvalue weighted by atomic mass is 9.82. The Morgan fingerprint density at radius 3 is 2.38 bits per heavy atom. The Balaban J connectivity index is 1.52. The highest BCUT2D eigenvalue weighted by atomic mass is 16.6. The average molecular weight is 489 g/mol. The fourth-order valence-corrected chi connectivity index (χ4v) is 5.31. The number of ether oxygens (including phenoxy) is 1. The van der Waals surface area contributed by atoms with E-state index in [1.54, 1.807) is 29.2 Å². The molecule has 2 heterocycles. The van der Waals surface area contributed by atoms with Crippen molar-refractivity contribution in [3.63, 3.8) is 0 Å². The highest BCUT2D eigenvalue weighted by molar-refractivity contribution is 6.14. The van der Waals surface area contributed by atoms with E-state index in [9.17, 15) is 14.4 Å². The van der Waals surface area contributed by atoms with Gasteiger partial charge in [0.25, 0.3) is 11.8 Å². The molecule has 0 saturated carbocycles. The van der Waals surface area contributed by atoms with Crippen molar-refractivity contribution in [2.45, 2.75) is 18.9 Å². The van der Waals surface area contributed by atoms with E-state index in [4.69, 9.17) is 4.74 Å². The molecule has 1 spiro atoms. The van der Waals surface area contributed by atoms with Gasteiger partial charge in [0.05, 0.1) is 5.69 Å². The van der Waals surface area contributed by atoms with Crippen LogP contribution in [0, 0.1) is 0 Å². The van der Waals surface area contributed by atoms with Crippen molar-refractivity contribution < 1.29 is 19.1 Å². The maximum Gasteiger partial charge on any atom is 0.356 e. The van der Waals surface area contributed by atoms with Crippen LogP contribution >= 0.6 is 0 Å². The second kappa shape index (κ2) is 8.75. The van der Waals surface area contributed by atoms with Crippen molar-refractivity contribution in [3.8, 4) is 0 Å². The Morgan fingerprint density at radius 2 is 1.59 bits per heavy atom. The van der Waals surface area contributed by atoms with Crippen molar-refractivity contribution in [1.29, 1.82) is 0 Å². The fraction of sp³-hybridized carbons (Fsp3) is 0.129. The van der Waals surface area contributed by atoms with Crippen molar-refractivity contribution >= 4 is 39.8 Å². The molecule has 6 heteroatoms. The SMILES string of the molecule is CCN1C(=O)[C@@]2(CC(c3ccc4ccccc4c3)=C(NC(=O)c3ccccc3)C(=O)O2)c2ccccc21. The molecule has 0 aromatic heterocycles. The van der Waals surface area contributed by atoms with Gasteiger partial charge in [0.2, 0.25) is 5.60 Å². The van der Waals surface area contributed by atoms with E-state index in [-0.39, 0.29) is 18.0 Å². The lowest BCUT2D eigenvalue weighted by Gasteiger charge is -2.35. The lowest BCUT2D eigenvalue weighted by molar-refractivity contribution is -0.165. The maximum absolute atomic E-state index is 13.8. The van der Waals surface area contributed by atoms with E-state index < -0.39 is 17.5 Å². The molecule has 0 aliphatic carbocycles. The quantitative estimate of drug-likeness (QED) is 0.401. The van der Waals surface area contributed by atoms with Gasteiger partial charge in [-0.05, 0) is 53.1 Å². The van der Waals surface area contributed by atoms with Gasteiger partial charge in [0.1, 0.15) is 5.70 Å². The van der Waals surface area contributed by atoms with Gasteiger partial charge in [0, 0.05) is 24.1 Å². The van der Waals surface area contributed by atoms with E-state index in [0.717, 1.165) is 22.0 Å². The molecule has 0 fully saturated rings. The number of nitrogens with one attached hydrogen (secondary N) is 1. The number of fused-ring (bicyclic) bond motifs is 3. The molecular formula is C31H24N2O4. The monoisotopic (exact) mass is 488 g/mol. The molecule has 0 unspecified atom stereocenters. The number of amides is 2. The second-order valence-electron chi connectivity index (χ2n) is 9.20. The number of nitrogens with zero attached hydrogens (tertiary/aromatic N) is 1. The minimum atomic E-state index is -1.49. The molecule has 4 aromatic rings. The normalized spacial score (nSPS) is 18.8. The van der Waals surface area contributed by atoms with Crippen LogP contribution in [0.2, 0.25) is 0 Å². The number of esters is 1. The zero-order chi connectivity index (χ0) is 25.6. The molecule has 1 atom stereocenters. The maximum atomic E-state index is 13.8. The first kappa shape index (κ1) is 22.7. The molecule has 0 radical (unpaired) electrons. The van der Waals surface area contributed by atoms with Crippen LogP contribution in [-0.4, -0.2) is 24.3 Å². The van der Waals surface area contributed by atoms with Crippen LogP contribution in [0.3, 0.4) is 0 Å². The summed E-state index contributed by atoms with van der Waals surface area (Å²) < 4.78 is 5.99. The first-order valence-corrected chi connectivity index (χ1v) is 12.3. The number of para-hydroxylation sites is 1. The molecule has 1 N–H and O–H groups in total. The molecule has 6 rings (SSSR count). The first-order valence-electron chi connectivity index (χ1n) is 12.3. The van der Waals surface area contributed by atoms with Crippen molar-refractivity contribution in [2.75, 3.05) is 11.4 Å². The van der Waals surface area contributed by atoms with E-state index in [2.05, 4.69) is 5.32 Å². The van der Waals surface area contributed by atoms with Gasteiger partial charge < -0.3 is 15.0 Å². The van der Waals surface area contributed by atoms with Gasteiger partial charge in [-0.2, -0.15) is 0 Å². The Labute approximate surface area is 214 Å². The molecular weight excluding hydrogens is 464 g/mol. The van der Waals surface area contributed by atoms with Crippen LogP contribution < -0.4 is 10.2 Å². The molecule has 0 saturated heterocycles. The highest BCUT2D eigenvalue weighted by Gasteiger charge is 2.57. The Hall–Kier alpha value is -4.71. The van der Waals surface area contributed by atoms with Gasteiger partial charge in [-0.25, -0.2) is 4.79 Å². The van der Waals surface area contributed by atoms with Crippen LogP contribution in [0.4, 0.5) is 5.69 Å². The molecule has 6 nitrogen and oxygen atoms in total. The zero-order valence-corrected chi connectivity index (χ0v) is 20.2. The fourth-order valence-electron chi connectivity index (χ4n) is 5.31. The summed E-state index contributed by atoms with van der Waals surface area (Å²) in [6.07, 6.45) is 0.105. The summed E-state index contributed by atoms with van der Waals surface area (Å²) in [4.78, 5) is 42.2. The summed E-state index contributed by atoms with van der Waals surface area (Å²) in [5.74, 6) is -1.44. The zero-order valence-electron chi connectivity index (χ0n) is 20.2. The summed E-state index contributed by atoms with van der Waals surface area (Å²) >= 11 is 0. The molecule has 182 valence electrons. The third kappa shape index (κ3) is 3.61. The van der Waals surface area contributed by atoms with Crippen LogP contribution in [0.1, 0.15) is 34.8 Å². The third-order valence-electron chi connectivity index (χ3n) is 7.11. The number of hydrogen-bond donors (Lipinski definition) is 1. The second-order valence-corrected chi connectivity index (χ2v) is 9.20. The number of rotatable bonds is 4. The molecule has 2 amide bonds. The van der Waals surface area contributed by atoms with Gasteiger partial charge >= 0.3 is 5.97 Å². The molecule has 2 aliphatic heterocycles. The summed E-state index contributed by atoms with van der Waals surface area (Å²) in [6, 6.07) is 29.9. The van der Waals surface area contributed by atoms with Crippen LogP contribution in [-0.2, 0) is 19.9 Å². The summed E-state index contributed by atoms with van der Waals surface area (Å²) in [7, 11) is 0. The Morgan fingerprint density at radius 1 is 0.892 bits per heavy atom. The predicted octanol–water partition coefficient (Wildman–Crippen LogP) is 5.19. The number of carbonyl (C=O) groups is 3. The summed E-state index contributed by atoms with van der Waals surface area (Å²) in [6.45, 7) is 2.34. The van der Waals surface area contributed by atoms with Crippen molar-refractivity contribution in [2.24, 2.45) is 0 Å². The van der Waals surface area contributed by atoms with Crippen LogP contribution in [0.25, 0.3) is 16.3 Å². The number of benzene rings is 4. The minimum absolute atomic E-state index is 0.0509. The number of carbonyl (C=O) groups excluding carboxylic acids is 3. The van der Waals surface area contributed by atoms with Crippen molar-refractivity contribution in [1.82, 2.24) is 5.32 Å². The van der Waals surface area contributed by atoms with Crippen LogP contribution in [0.5, 0.6) is 0 Å². The number of hydrogen-bond acceptors (Lipinski definition) is 4. The standard InChI is InChI=1S/C31H24N2O4/c1-2-33-26-15-9-8-14-25(26)31(30(33)36)19-24(23-17-16-20-10-6-7-13-22(20)18-23)27(29(35)37-31)32-28(34)21-11-4-3-5-12-21/h3-18H,2,19H2,1H3,(H,32,34)/t31-/m1/s1. The third-order valence-corrected chi connectivity index (χ3v) is 7.11. The van der Waals surface area contributed by atoms with Gasteiger partial charge in [0.15, 0.2) is 0 Å². The van der Waals surface area contributed by atoms with E-state index in [1.807, 2.05) is 79.7 Å². The molecule has 2 aliphatic rings. The smallest absolute Gasteiger partial charge is 0.356 e. The summed E-state index contributed by atoms with van der Waals surface area (Å²) in [5, 5.41) is 4.83. The topological polar surface area (TPSA) is 75.7 Å². The molecule has 37 heavy (non-hydrogen) atoms. The largest absolute Gasteiger partial charge is 0.439 e. The average Bonchev–Trinajstić information content (AvgIpc) is 3.16. The minimum Gasteiger partial charge on any atom is -0.439 e. The van der Waals surface area contributed by atoms with Crippen molar-refractivity contribution in [3.05, 3.63) is 119 Å². The lowest BCUT2D eigenvalue weighted by Crippen LogP contribution is -2.48. The number of likely N-dealkylation sites (N-methyl/N-ethyl adjacent to an activating group) is 1. The molecule has 0 bridgehead atoms. The predicted molar refractivity (Wildman–Crippen MR) is 142 cm³/mol. The van der Waals surface area contributed by atoms with E-state index in [1.165, 1.54) is 0 Å². The van der Waals surface area contributed by atoms with Gasteiger partial charge in [-0.1, -0.05) is 72.8 Å². The Kier molecular flexibility index (Phi) is 5.37. The first-order chi connectivity index (χ1) is 18.0.